The zero-order chi connectivity index (χ0) is 17.1. The van der Waals surface area contributed by atoms with Gasteiger partial charge < -0.3 is 24.6 Å². The van der Waals surface area contributed by atoms with Crippen molar-refractivity contribution in [3.63, 3.8) is 0 Å². The molecule has 132 valence electrons. The van der Waals surface area contributed by atoms with E-state index in [2.05, 4.69) is 5.32 Å². The first-order chi connectivity index (χ1) is 11.6. The van der Waals surface area contributed by atoms with Crippen molar-refractivity contribution in [2.45, 2.75) is 49.9 Å². The lowest BCUT2D eigenvalue weighted by Crippen LogP contribution is -2.65. The van der Waals surface area contributed by atoms with Gasteiger partial charge in [0.2, 0.25) is 5.91 Å². The van der Waals surface area contributed by atoms with Crippen molar-refractivity contribution >= 4 is 17.7 Å². The molecular formula is C17H23NO5S. The van der Waals surface area contributed by atoms with Gasteiger partial charge in [0.15, 0.2) is 6.29 Å². The van der Waals surface area contributed by atoms with Gasteiger partial charge in [-0.05, 0) is 5.75 Å². The number of aliphatic hydroxyl groups is 1. The summed E-state index contributed by atoms with van der Waals surface area (Å²) in [6.07, 6.45) is -2.30. The highest BCUT2D eigenvalue weighted by Gasteiger charge is 2.49. The normalized spacial score (nSPS) is 36.0. The molecule has 2 N–H and O–H groups in total. The molecule has 1 aromatic rings. The Morgan fingerprint density at radius 2 is 2.08 bits per heavy atom. The third kappa shape index (κ3) is 3.75. The monoisotopic (exact) mass is 353 g/mol. The Labute approximate surface area is 145 Å². The summed E-state index contributed by atoms with van der Waals surface area (Å²) < 4.78 is 17.8. The van der Waals surface area contributed by atoms with Gasteiger partial charge in [-0.15, -0.1) is 11.8 Å². The summed E-state index contributed by atoms with van der Waals surface area (Å²) in [7, 11) is 0. The van der Waals surface area contributed by atoms with Crippen LogP contribution in [0.5, 0.6) is 0 Å². The Bertz CT molecular complexity index is 557. The summed E-state index contributed by atoms with van der Waals surface area (Å²) in [6, 6.07) is 9.08. The van der Waals surface area contributed by atoms with Crippen molar-refractivity contribution in [1.82, 2.24) is 5.32 Å². The van der Waals surface area contributed by atoms with Gasteiger partial charge in [0.25, 0.3) is 0 Å². The molecule has 7 heteroatoms. The lowest BCUT2D eigenvalue weighted by Gasteiger charge is -2.47. The molecule has 2 aliphatic rings. The number of aliphatic hydroxyl groups excluding tert-OH is 1. The van der Waals surface area contributed by atoms with Crippen LogP contribution in [0.2, 0.25) is 0 Å². The second-order valence-corrected chi connectivity index (χ2v) is 7.27. The van der Waals surface area contributed by atoms with Crippen LogP contribution in [-0.2, 0) is 19.0 Å². The van der Waals surface area contributed by atoms with Crippen molar-refractivity contribution in [3.8, 4) is 0 Å². The first-order valence-electron chi connectivity index (χ1n) is 8.14. The van der Waals surface area contributed by atoms with E-state index in [9.17, 15) is 9.90 Å². The number of nitrogens with one attached hydrogen (secondary N) is 1. The van der Waals surface area contributed by atoms with Gasteiger partial charge in [0.1, 0.15) is 23.7 Å². The van der Waals surface area contributed by atoms with Crippen molar-refractivity contribution in [2.75, 3.05) is 12.4 Å². The Kier molecular flexibility index (Phi) is 5.78. The van der Waals surface area contributed by atoms with Gasteiger partial charge in [-0.1, -0.05) is 37.3 Å². The smallest absolute Gasteiger partial charge is 0.217 e. The van der Waals surface area contributed by atoms with Crippen molar-refractivity contribution < 1.29 is 24.1 Å². The second-order valence-electron chi connectivity index (χ2n) is 5.89. The van der Waals surface area contributed by atoms with Crippen LogP contribution >= 0.6 is 11.8 Å². The summed E-state index contributed by atoms with van der Waals surface area (Å²) >= 11 is 1.55. The van der Waals surface area contributed by atoms with Gasteiger partial charge in [0.05, 0.1) is 12.6 Å². The summed E-state index contributed by atoms with van der Waals surface area (Å²) in [5.41, 5.74) is 0.569. The number of fused-ring (bicyclic) bond motifs is 1. The van der Waals surface area contributed by atoms with E-state index in [-0.39, 0.29) is 17.4 Å². The molecule has 2 heterocycles. The third-order valence-corrected chi connectivity index (χ3v) is 5.20. The fourth-order valence-electron chi connectivity index (χ4n) is 3.07. The zero-order valence-corrected chi connectivity index (χ0v) is 14.6. The second kappa shape index (κ2) is 7.84. The fourth-order valence-corrected chi connectivity index (χ4v) is 4.05. The highest BCUT2D eigenvalue weighted by atomic mass is 32.2. The van der Waals surface area contributed by atoms with Crippen LogP contribution in [-0.4, -0.2) is 53.2 Å². The molecular weight excluding hydrogens is 330 g/mol. The lowest BCUT2D eigenvalue weighted by molar-refractivity contribution is -0.306. The highest BCUT2D eigenvalue weighted by Crippen LogP contribution is 2.36. The lowest BCUT2D eigenvalue weighted by atomic mass is 9.96. The fraction of sp³-hybridized carbons (Fsp3) is 0.588. The summed E-state index contributed by atoms with van der Waals surface area (Å²) in [5, 5.41) is 13.6. The SMILES string of the molecule is CCS[C@@H]1O[C@H]2CO[C@@H](c3ccccc3)O[C@@H]2[C@@H](O)[C@@H]1NC(C)=O. The molecule has 2 aliphatic heterocycles. The first-order valence-corrected chi connectivity index (χ1v) is 9.19. The topological polar surface area (TPSA) is 77.0 Å². The number of benzene rings is 1. The summed E-state index contributed by atoms with van der Waals surface area (Å²) in [6.45, 7) is 3.79. The number of amides is 1. The maximum absolute atomic E-state index is 11.5. The van der Waals surface area contributed by atoms with Crippen molar-refractivity contribution in [2.24, 2.45) is 0 Å². The zero-order valence-electron chi connectivity index (χ0n) is 13.8. The maximum Gasteiger partial charge on any atom is 0.217 e. The molecule has 0 aliphatic carbocycles. The van der Waals surface area contributed by atoms with Crippen LogP contribution in [0.1, 0.15) is 25.7 Å². The molecule has 6 nitrogen and oxygen atoms in total. The molecule has 3 rings (SSSR count). The Morgan fingerprint density at radius 3 is 2.75 bits per heavy atom. The van der Waals surface area contributed by atoms with Crippen molar-refractivity contribution in [1.29, 1.82) is 0 Å². The van der Waals surface area contributed by atoms with E-state index in [4.69, 9.17) is 14.2 Å². The van der Waals surface area contributed by atoms with E-state index in [1.165, 1.54) is 6.92 Å². The number of rotatable bonds is 4. The molecule has 1 aromatic carbocycles. The predicted octanol–water partition coefficient (Wildman–Crippen LogP) is 1.44. The van der Waals surface area contributed by atoms with E-state index < -0.39 is 24.5 Å². The molecule has 0 aromatic heterocycles. The van der Waals surface area contributed by atoms with Crippen molar-refractivity contribution in [3.05, 3.63) is 35.9 Å². The van der Waals surface area contributed by atoms with Gasteiger partial charge in [-0.3, -0.25) is 4.79 Å². The van der Waals surface area contributed by atoms with Gasteiger partial charge >= 0.3 is 0 Å². The first kappa shape index (κ1) is 17.7. The number of carbonyl (C=O) groups excluding carboxylic acids is 1. The number of hydrogen-bond donors (Lipinski definition) is 2. The molecule has 2 saturated heterocycles. The number of carbonyl (C=O) groups is 1. The van der Waals surface area contributed by atoms with Gasteiger partial charge in [0, 0.05) is 12.5 Å². The number of hydrogen-bond acceptors (Lipinski definition) is 6. The van der Waals surface area contributed by atoms with E-state index in [0.717, 1.165) is 11.3 Å². The molecule has 1 amide bonds. The maximum atomic E-state index is 11.5. The van der Waals surface area contributed by atoms with Crippen LogP contribution < -0.4 is 5.32 Å². The van der Waals surface area contributed by atoms with Crippen LogP contribution in [0, 0.1) is 0 Å². The molecule has 0 unspecified atom stereocenters. The molecule has 0 radical (unpaired) electrons. The van der Waals surface area contributed by atoms with E-state index in [1.807, 2.05) is 37.3 Å². The summed E-state index contributed by atoms with van der Waals surface area (Å²) in [4.78, 5) is 11.5. The minimum Gasteiger partial charge on any atom is -0.388 e. The summed E-state index contributed by atoms with van der Waals surface area (Å²) in [5.74, 6) is 0.619. The minimum absolute atomic E-state index is 0.200. The van der Waals surface area contributed by atoms with Gasteiger partial charge in [-0.2, -0.15) is 0 Å². The molecule has 24 heavy (non-hydrogen) atoms. The highest BCUT2D eigenvalue weighted by molar-refractivity contribution is 7.99. The van der Waals surface area contributed by atoms with E-state index in [0.29, 0.717) is 6.61 Å². The average Bonchev–Trinajstić information content (AvgIpc) is 2.59. The largest absolute Gasteiger partial charge is 0.388 e. The van der Waals surface area contributed by atoms with Crippen LogP contribution in [0.25, 0.3) is 0 Å². The molecule has 2 fully saturated rings. The average molecular weight is 353 g/mol. The van der Waals surface area contributed by atoms with Crippen LogP contribution in [0.4, 0.5) is 0 Å². The van der Waals surface area contributed by atoms with Gasteiger partial charge in [-0.25, -0.2) is 0 Å². The van der Waals surface area contributed by atoms with E-state index >= 15 is 0 Å². The molecule has 0 spiro atoms. The standard InChI is InChI=1S/C17H23NO5S/c1-3-24-17-13(18-10(2)19)14(20)15-12(22-17)9-21-16(23-15)11-7-5-4-6-8-11/h4-8,12-17,20H,3,9H2,1-2H3,(H,18,19)/t12-,13-,14-,15-,16+,17-/m0/s1. The minimum atomic E-state index is -0.855. The molecule has 0 saturated carbocycles. The number of thioether (sulfide) groups is 1. The number of ether oxygens (including phenoxy) is 3. The van der Waals surface area contributed by atoms with E-state index in [1.54, 1.807) is 11.8 Å². The van der Waals surface area contributed by atoms with Crippen LogP contribution in [0.15, 0.2) is 30.3 Å². The predicted molar refractivity (Wildman–Crippen MR) is 90.4 cm³/mol. The Hall–Kier alpha value is -1.12. The quantitative estimate of drug-likeness (QED) is 0.853. The molecule has 0 bridgehead atoms. The Balaban J connectivity index is 1.76. The van der Waals surface area contributed by atoms with Crippen LogP contribution in [0.3, 0.4) is 0 Å². The Morgan fingerprint density at radius 1 is 1.33 bits per heavy atom. The third-order valence-electron chi connectivity index (χ3n) is 4.14. The molecule has 6 atom stereocenters.